The van der Waals surface area contributed by atoms with Crippen LogP contribution in [0.15, 0.2) is 23.2 Å². The summed E-state index contributed by atoms with van der Waals surface area (Å²) in [6, 6.07) is 4.75. The summed E-state index contributed by atoms with van der Waals surface area (Å²) in [5, 5.41) is 2.93. The third kappa shape index (κ3) is 3.88. The van der Waals surface area contributed by atoms with Gasteiger partial charge >= 0.3 is 0 Å². The Morgan fingerprint density at radius 1 is 1.50 bits per heavy atom. The fourth-order valence-corrected chi connectivity index (χ4v) is 1.19. The standard InChI is InChI=1S/C12H18FN3/c1-8(2)7-15-12(14)16-10-4-5-11(13)9(3)6-10/h4-6,8H,7H2,1-3H3,(H3,14,15,16). The molecule has 1 aromatic carbocycles. The van der Waals surface area contributed by atoms with Gasteiger partial charge in [-0.05, 0) is 36.6 Å². The molecule has 4 heteroatoms. The molecule has 0 aliphatic carbocycles. The van der Waals surface area contributed by atoms with E-state index in [1.54, 1.807) is 19.1 Å². The molecule has 0 atom stereocenters. The van der Waals surface area contributed by atoms with Gasteiger partial charge in [0.1, 0.15) is 5.82 Å². The molecule has 0 aliphatic rings. The van der Waals surface area contributed by atoms with E-state index in [1.165, 1.54) is 6.07 Å². The van der Waals surface area contributed by atoms with Gasteiger partial charge in [-0.25, -0.2) is 4.39 Å². The second-order valence-electron chi connectivity index (χ2n) is 4.21. The number of hydrogen-bond acceptors (Lipinski definition) is 1. The molecule has 16 heavy (non-hydrogen) atoms. The number of halogens is 1. The molecule has 0 aliphatic heterocycles. The first-order valence-corrected chi connectivity index (χ1v) is 5.32. The zero-order valence-corrected chi connectivity index (χ0v) is 9.92. The Morgan fingerprint density at radius 3 is 2.75 bits per heavy atom. The van der Waals surface area contributed by atoms with Crippen LogP contribution in [0.25, 0.3) is 0 Å². The largest absolute Gasteiger partial charge is 0.370 e. The maximum atomic E-state index is 13.0. The lowest BCUT2D eigenvalue weighted by Gasteiger charge is -2.07. The number of rotatable bonds is 3. The summed E-state index contributed by atoms with van der Waals surface area (Å²) >= 11 is 0. The number of guanidine groups is 1. The van der Waals surface area contributed by atoms with E-state index >= 15 is 0 Å². The number of aliphatic imine (C=N–C) groups is 1. The molecule has 0 radical (unpaired) electrons. The average Bonchev–Trinajstić information content (AvgIpc) is 2.21. The molecular formula is C12H18FN3. The van der Waals surface area contributed by atoms with Gasteiger partial charge in [-0.15, -0.1) is 0 Å². The third-order valence-electron chi connectivity index (χ3n) is 2.06. The van der Waals surface area contributed by atoms with Gasteiger partial charge in [-0.2, -0.15) is 0 Å². The van der Waals surface area contributed by atoms with Gasteiger partial charge in [0.05, 0.1) is 0 Å². The molecule has 88 valence electrons. The molecule has 3 nitrogen and oxygen atoms in total. The fraction of sp³-hybridized carbons (Fsp3) is 0.417. The lowest BCUT2D eigenvalue weighted by atomic mass is 10.2. The topological polar surface area (TPSA) is 50.4 Å². The molecule has 0 heterocycles. The van der Waals surface area contributed by atoms with Gasteiger partial charge in [0.25, 0.3) is 0 Å². The molecule has 1 rings (SSSR count). The second-order valence-corrected chi connectivity index (χ2v) is 4.21. The van der Waals surface area contributed by atoms with E-state index in [0.717, 1.165) is 5.69 Å². The third-order valence-corrected chi connectivity index (χ3v) is 2.06. The van der Waals surface area contributed by atoms with Crippen molar-refractivity contribution >= 4 is 11.6 Å². The number of hydrogen-bond donors (Lipinski definition) is 2. The van der Waals surface area contributed by atoms with Crippen molar-refractivity contribution in [2.24, 2.45) is 16.6 Å². The van der Waals surface area contributed by atoms with Crippen LogP contribution in [0.5, 0.6) is 0 Å². The SMILES string of the molecule is Cc1cc(NC(N)=NCC(C)C)ccc1F. The number of benzene rings is 1. The molecule has 0 saturated carbocycles. The summed E-state index contributed by atoms with van der Waals surface area (Å²) in [5.74, 6) is 0.609. The Labute approximate surface area is 95.6 Å². The fourth-order valence-electron chi connectivity index (χ4n) is 1.19. The summed E-state index contributed by atoms with van der Waals surface area (Å²) in [4.78, 5) is 4.16. The van der Waals surface area contributed by atoms with Gasteiger partial charge in [0.2, 0.25) is 0 Å². The first kappa shape index (κ1) is 12.5. The van der Waals surface area contributed by atoms with Crippen LogP contribution in [0.1, 0.15) is 19.4 Å². The summed E-state index contributed by atoms with van der Waals surface area (Å²) in [6.45, 7) is 6.53. The first-order valence-electron chi connectivity index (χ1n) is 5.32. The predicted molar refractivity (Wildman–Crippen MR) is 66.1 cm³/mol. The van der Waals surface area contributed by atoms with Crippen LogP contribution < -0.4 is 11.1 Å². The van der Waals surface area contributed by atoms with E-state index in [-0.39, 0.29) is 5.82 Å². The van der Waals surface area contributed by atoms with E-state index in [2.05, 4.69) is 24.2 Å². The van der Waals surface area contributed by atoms with E-state index in [0.29, 0.717) is 24.0 Å². The van der Waals surface area contributed by atoms with Crippen molar-refractivity contribution in [2.45, 2.75) is 20.8 Å². The van der Waals surface area contributed by atoms with Crippen LogP contribution in [0.4, 0.5) is 10.1 Å². The highest BCUT2D eigenvalue weighted by atomic mass is 19.1. The highest BCUT2D eigenvalue weighted by Crippen LogP contribution is 2.13. The number of nitrogens with two attached hydrogens (primary N) is 1. The van der Waals surface area contributed by atoms with Crippen LogP contribution in [-0.4, -0.2) is 12.5 Å². The maximum absolute atomic E-state index is 13.0. The minimum atomic E-state index is -0.219. The molecule has 0 amide bonds. The van der Waals surface area contributed by atoms with Crippen molar-refractivity contribution in [3.63, 3.8) is 0 Å². The lowest BCUT2D eigenvalue weighted by molar-refractivity contribution is 0.619. The van der Waals surface area contributed by atoms with Crippen molar-refractivity contribution in [1.82, 2.24) is 0 Å². The van der Waals surface area contributed by atoms with Crippen molar-refractivity contribution < 1.29 is 4.39 Å². The second kappa shape index (κ2) is 5.49. The number of nitrogens with one attached hydrogen (secondary N) is 1. The van der Waals surface area contributed by atoms with Gasteiger partial charge in [0.15, 0.2) is 5.96 Å². The highest BCUT2D eigenvalue weighted by Gasteiger charge is 2.00. The molecule has 1 aromatic rings. The van der Waals surface area contributed by atoms with Crippen LogP contribution in [-0.2, 0) is 0 Å². The summed E-state index contributed by atoms with van der Waals surface area (Å²) in [7, 11) is 0. The Kier molecular flexibility index (Phi) is 4.28. The van der Waals surface area contributed by atoms with Gasteiger partial charge in [-0.1, -0.05) is 13.8 Å². The summed E-state index contributed by atoms with van der Waals surface area (Å²) in [5.41, 5.74) is 7.03. The lowest BCUT2D eigenvalue weighted by Crippen LogP contribution is -2.23. The van der Waals surface area contributed by atoms with E-state index in [9.17, 15) is 4.39 Å². The van der Waals surface area contributed by atoms with Gasteiger partial charge < -0.3 is 11.1 Å². The van der Waals surface area contributed by atoms with Crippen LogP contribution in [0, 0.1) is 18.7 Å². The molecule has 0 unspecified atom stereocenters. The zero-order valence-electron chi connectivity index (χ0n) is 9.92. The molecule has 0 aromatic heterocycles. The van der Waals surface area contributed by atoms with E-state index in [1.807, 2.05) is 0 Å². The van der Waals surface area contributed by atoms with Crippen molar-refractivity contribution in [2.75, 3.05) is 11.9 Å². The normalized spacial score (nSPS) is 11.9. The smallest absolute Gasteiger partial charge is 0.193 e. The van der Waals surface area contributed by atoms with Crippen molar-refractivity contribution in [1.29, 1.82) is 0 Å². The zero-order chi connectivity index (χ0) is 12.1. The molecule has 0 saturated heterocycles. The summed E-state index contributed by atoms with van der Waals surface area (Å²) < 4.78 is 13.0. The minimum Gasteiger partial charge on any atom is -0.370 e. The maximum Gasteiger partial charge on any atom is 0.193 e. The number of anilines is 1. The van der Waals surface area contributed by atoms with Crippen molar-refractivity contribution in [3.05, 3.63) is 29.6 Å². The van der Waals surface area contributed by atoms with Crippen LogP contribution >= 0.6 is 0 Å². The Bertz CT molecular complexity index is 386. The number of nitrogens with zero attached hydrogens (tertiary/aromatic N) is 1. The molecular weight excluding hydrogens is 205 g/mol. The molecule has 0 fully saturated rings. The monoisotopic (exact) mass is 223 g/mol. The Morgan fingerprint density at radius 2 is 2.19 bits per heavy atom. The predicted octanol–water partition coefficient (Wildman–Crippen LogP) is 2.52. The molecule has 3 N–H and O–H groups in total. The first-order chi connectivity index (χ1) is 7.49. The summed E-state index contributed by atoms with van der Waals surface area (Å²) in [6.07, 6.45) is 0. The number of aryl methyl sites for hydroxylation is 1. The average molecular weight is 223 g/mol. The van der Waals surface area contributed by atoms with Gasteiger partial charge in [0, 0.05) is 12.2 Å². The Balaban J connectivity index is 2.66. The van der Waals surface area contributed by atoms with E-state index < -0.39 is 0 Å². The van der Waals surface area contributed by atoms with Crippen LogP contribution in [0.2, 0.25) is 0 Å². The molecule has 0 spiro atoms. The highest BCUT2D eigenvalue weighted by molar-refractivity contribution is 5.92. The minimum absolute atomic E-state index is 0.219. The van der Waals surface area contributed by atoms with Gasteiger partial charge in [-0.3, -0.25) is 4.99 Å². The van der Waals surface area contributed by atoms with Crippen LogP contribution in [0.3, 0.4) is 0 Å². The van der Waals surface area contributed by atoms with E-state index in [4.69, 9.17) is 5.73 Å². The quantitative estimate of drug-likeness (QED) is 0.611. The van der Waals surface area contributed by atoms with Crippen molar-refractivity contribution in [3.8, 4) is 0 Å². The Hall–Kier alpha value is -1.58. The molecule has 0 bridgehead atoms.